The SMILES string of the molecule is CC(C)(C)c1cc(COc2ccccc2)cc(COc2ccccc2)c1. The van der Waals surface area contributed by atoms with Crippen molar-refractivity contribution in [1.29, 1.82) is 0 Å². The second-order valence-electron chi connectivity index (χ2n) is 7.49. The predicted molar refractivity (Wildman–Crippen MR) is 107 cm³/mol. The average molecular weight is 346 g/mol. The third-order valence-electron chi connectivity index (χ3n) is 4.22. The van der Waals surface area contributed by atoms with Gasteiger partial charge >= 0.3 is 0 Å². The van der Waals surface area contributed by atoms with E-state index in [0.717, 1.165) is 22.6 Å². The number of hydrogen-bond donors (Lipinski definition) is 0. The molecule has 3 rings (SSSR count). The molecule has 26 heavy (non-hydrogen) atoms. The summed E-state index contributed by atoms with van der Waals surface area (Å²) in [6.45, 7) is 7.78. The number of rotatable bonds is 6. The Labute approximate surface area is 156 Å². The van der Waals surface area contributed by atoms with E-state index in [1.807, 2.05) is 60.7 Å². The molecule has 2 heteroatoms. The monoisotopic (exact) mass is 346 g/mol. The molecule has 0 aliphatic carbocycles. The van der Waals surface area contributed by atoms with Crippen LogP contribution in [-0.2, 0) is 18.6 Å². The minimum absolute atomic E-state index is 0.0737. The Balaban J connectivity index is 1.77. The van der Waals surface area contributed by atoms with Gasteiger partial charge in [0.2, 0.25) is 0 Å². The minimum atomic E-state index is 0.0737. The number of ether oxygens (including phenoxy) is 2. The van der Waals surface area contributed by atoms with Crippen molar-refractivity contribution in [2.24, 2.45) is 0 Å². The molecule has 0 bridgehead atoms. The van der Waals surface area contributed by atoms with Crippen LogP contribution in [0.2, 0.25) is 0 Å². The van der Waals surface area contributed by atoms with Crippen LogP contribution in [0.5, 0.6) is 11.5 Å². The first-order valence-corrected chi connectivity index (χ1v) is 9.00. The van der Waals surface area contributed by atoms with Crippen LogP contribution in [0.4, 0.5) is 0 Å². The molecule has 2 nitrogen and oxygen atoms in total. The van der Waals surface area contributed by atoms with Crippen LogP contribution in [0.3, 0.4) is 0 Å². The van der Waals surface area contributed by atoms with Crippen molar-refractivity contribution in [3.8, 4) is 11.5 Å². The van der Waals surface area contributed by atoms with Crippen LogP contribution < -0.4 is 9.47 Å². The summed E-state index contributed by atoms with van der Waals surface area (Å²) in [5.41, 5.74) is 3.68. The van der Waals surface area contributed by atoms with Crippen LogP contribution in [-0.4, -0.2) is 0 Å². The van der Waals surface area contributed by atoms with E-state index in [1.54, 1.807) is 0 Å². The summed E-state index contributed by atoms with van der Waals surface area (Å²) in [7, 11) is 0. The minimum Gasteiger partial charge on any atom is -0.489 e. The van der Waals surface area contributed by atoms with Gasteiger partial charge in [-0.1, -0.05) is 69.3 Å². The molecule has 0 aromatic heterocycles. The quantitative estimate of drug-likeness (QED) is 0.533. The second kappa shape index (κ2) is 8.09. The lowest BCUT2D eigenvalue weighted by Crippen LogP contribution is -2.13. The fourth-order valence-electron chi connectivity index (χ4n) is 2.73. The van der Waals surface area contributed by atoms with Gasteiger partial charge in [-0.3, -0.25) is 0 Å². The van der Waals surface area contributed by atoms with Crippen molar-refractivity contribution in [1.82, 2.24) is 0 Å². The molecule has 0 saturated heterocycles. The highest BCUT2D eigenvalue weighted by molar-refractivity contribution is 5.34. The smallest absolute Gasteiger partial charge is 0.119 e. The highest BCUT2D eigenvalue weighted by atomic mass is 16.5. The van der Waals surface area contributed by atoms with Gasteiger partial charge in [0.05, 0.1) is 0 Å². The lowest BCUT2D eigenvalue weighted by molar-refractivity contribution is 0.299. The molecular weight excluding hydrogens is 320 g/mol. The fourth-order valence-corrected chi connectivity index (χ4v) is 2.73. The van der Waals surface area contributed by atoms with Crippen molar-refractivity contribution in [2.75, 3.05) is 0 Å². The third-order valence-corrected chi connectivity index (χ3v) is 4.22. The Hall–Kier alpha value is -2.74. The molecular formula is C24H26O2. The first-order valence-electron chi connectivity index (χ1n) is 9.00. The highest BCUT2D eigenvalue weighted by Crippen LogP contribution is 2.26. The zero-order chi connectivity index (χ0) is 18.4. The summed E-state index contributed by atoms with van der Waals surface area (Å²) >= 11 is 0. The lowest BCUT2D eigenvalue weighted by Gasteiger charge is -2.21. The molecule has 0 amide bonds. The number of para-hydroxylation sites is 2. The van der Waals surface area contributed by atoms with Crippen LogP contribution in [0.1, 0.15) is 37.5 Å². The maximum atomic E-state index is 5.94. The summed E-state index contributed by atoms with van der Waals surface area (Å²) in [4.78, 5) is 0. The normalized spacial score (nSPS) is 11.2. The molecule has 0 fully saturated rings. The van der Waals surface area contributed by atoms with E-state index in [9.17, 15) is 0 Å². The molecule has 0 radical (unpaired) electrons. The Kier molecular flexibility index (Phi) is 5.62. The molecule has 3 aromatic rings. The Morgan fingerprint density at radius 3 is 1.42 bits per heavy atom. The topological polar surface area (TPSA) is 18.5 Å². The molecule has 0 atom stereocenters. The van der Waals surface area contributed by atoms with Crippen LogP contribution in [0.25, 0.3) is 0 Å². The van der Waals surface area contributed by atoms with E-state index < -0.39 is 0 Å². The van der Waals surface area contributed by atoms with Crippen LogP contribution in [0, 0.1) is 0 Å². The number of hydrogen-bond acceptors (Lipinski definition) is 2. The third kappa shape index (κ3) is 5.13. The standard InChI is InChI=1S/C24H26O2/c1-24(2,3)21-15-19(17-25-22-10-6-4-7-11-22)14-20(16-21)18-26-23-12-8-5-9-13-23/h4-16H,17-18H2,1-3H3. The Bertz CT molecular complexity index is 756. The van der Waals surface area contributed by atoms with Gasteiger partial charge in [0, 0.05) is 0 Å². The van der Waals surface area contributed by atoms with E-state index in [2.05, 4.69) is 39.0 Å². The molecule has 0 saturated carbocycles. The molecule has 3 aromatic carbocycles. The van der Waals surface area contributed by atoms with Gasteiger partial charge in [0.25, 0.3) is 0 Å². The second-order valence-corrected chi connectivity index (χ2v) is 7.49. The zero-order valence-electron chi connectivity index (χ0n) is 15.7. The molecule has 0 spiro atoms. The van der Waals surface area contributed by atoms with Crippen molar-refractivity contribution in [2.45, 2.75) is 39.4 Å². The van der Waals surface area contributed by atoms with E-state index in [4.69, 9.17) is 9.47 Å². The first kappa shape index (κ1) is 18.1. The maximum absolute atomic E-state index is 5.94. The number of benzene rings is 3. The molecule has 0 N–H and O–H groups in total. The summed E-state index contributed by atoms with van der Waals surface area (Å²) in [6, 6.07) is 26.5. The maximum Gasteiger partial charge on any atom is 0.119 e. The van der Waals surface area contributed by atoms with Crippen molar-refractivity contribution < 1.29 is 9.47 Å². The van der Waals surface area contributed by atoms with Crippen molar-refractivity contribution >= 4 is 0 Å². The molecule has 0 aliphatic rings. The van der Waals surface area contributed by atoms with Gasteiger partial charge in [-0.15, -0.1) is 0 Å². The molecule has 0 heterocycles. The van der Waals surface area contributed by atoms with Gasteiger partial charge in [-0.25, -0.2) is 0 Å². The largest absolute Gasteiger partial charge is 0.489 e. The summed E-state index contributed by atoms with van der Waals surface area (Å²) < 4.78 is 11.9. The van der Waals surface area contributed by atoms with Crippen LogP contribution >= 0.6 is 0 Å². The summed E-state index contributed by atoms with van der Waals surface area (Å²) in [5.74, 6) is 1.77. The van der Waals surface area contributed by atoms with E-state index in [0.29, 0.717) is 13.2 Å². The van der Waals surface area contributed by atoms with E-state index >= 15 is 0 Å². The van der Waals surface area contributed by atoms with Gasteiger partial charge in [0.15, 0.2) is 0 Å². The van der Waals surface area contributed by atoms with Crippen LogP contribution in [0.15, 0.2) is 78.9 Å². The molecule has 134 valence electrons. The van der Waals surface area contributed by atoms with Crippen molar-refractivity contribution in [3.05, 3.63) is 95.6 Å². The van der Waals surface area contributed by atoms with Gasteiger partial charge in [-0.2, -0.15) is 0 Å². The molecule has 0 unspecified atom stereocenters. The lowest BCUT2D eigenvalue weighted by atomic mass is 9.85. The fraction of sp³-hybridized carbons (Fsp3) is 0.250. The summed E-state index contributed by atoms with van der Waals surface area (Å²) in [6.07, 6.45) is 0. The predicted octanol–water partition coefficient (Wildman–Crippen LogP) is 6.14. The van der Waals surface area contributed by atoms with Gasteiger partial charge in [0.1, 0.15) is 24.7 Å². The highest BCUT2D eigenvalue weighted by Gasteiger charge is 2.16. The Morgan fingerprint density at radius 1 is 0.615 bits per heavy atom. The summed E-state index contributed by atoms with van der Waals surface area (Å²) in [5, 5.41) is 0. The molecule has 0 aliphatic heterocycles. The first-order chi connectivity index (χ1) is 12.5. The van der Waals surface area contributed by atoms with E-state index in [1.165, 1.54) is 5.56 Å². The Morgan fingerprint density at radius 2 is 1.04 bits per heavy atom. The van der Waals surface area contributed by atoms with Crippen molar-refractivity contribution in [3.63, 3.8) is 0 Å². The van der Waals surface area contributed by atoms with E-state index in [-0.39, 0.29) is 5.41 Å². The van der Waals surface area contributed by atoms with Gasteiger partial charge < -0.3 is 9.47 Å². The average Bonchev–Trinajstić information content (AvgIpc) is 2.66. The van der Waals surface area contributed by atoms with Gasteiger partial charge in [-0.05, 0) is 52.4 Å². The zero-order valence-corrected chi connectivity index (χ0v) is 15.7.